The van der Waals surface area contributed by atoms with E-state index in [1.54, 1.807) is 0 Å². The monoisotopic (exact) mass is 65.1 g/mol. The normalized spacial score (nSPS) is 1.00. The summed E-state index contributed by atoms with van der Waals surface area (Å²) in [5.41, 5.74) is 0. The highest BCUT2D eigenvalue weighted by atomic mass is 16.7. The molecule has 0 spiro atoms. The summed E-state index contributed by atoms with van der Waals surface area (Å²) >= 11 is 0. The van der Waals surface area contributed by atoms with Crippen LogP contribution in [0.4, 0.5) is 0 Å². The van der Waals surface area contributed by atoms with Crippen LogP contribution in [0.5, 0.6) is 0 Å². The molecule has 30 valence electrons. The molecule has 2 heteroatoms. The summed E-state index contributed by atoms with van der Waals surface area (Å²) in [5, 5.41) is 0. The standard InChI is InChI=1S/2CH4.O2.H/c;;1-2;/h2*1H4;;/q;;;-1. The first-order chi connectivity index (χ1) is 1.00. The Hall–Kier alpha value is -0.400. The SMILES string of the molecule is C.C.O=O.[H-]. The van der Waals surface area contributed by atoms with Crippen LogP contribution in [-0.2, 0) is 0 Å². The molecule has 0 aliphatic carbocycles. The van der Waals surface area contributed by atoms with E-state index in [9.17, 15) is 0 Å². The molecule has 0 amide bonds. The maximum atomic E-state index is 7.00. The second kappa shape index (κ2) is 41.6. The van der Waals surface area contributed by atoms with Crippen molar-refractivity contribution in [3.05, 3.63) is 9.93 Å². The quantitative estimate of drug-likeness (QED) is 0.428. The molecule has 0 unspecified atom stereocenters. The highest BCUT2D eigenvalue weighted by Gasteiger charge is 0.707. The molecule has 0 radical (unpaired) electrons. The minimum absolute atomic E-state index is 0. The van der Waals surface area contributed by atoms with Gasteiger partial charge in [0.1, 0.15) is 0 Å². The Kier molecular flexibility index (Phi) is 703. The third-order valence-electron chi connectivity index (χ3n) is 0. The van der Waals surface area contributed by atoms with Gasteiger partial charge >= 0.3 is 0 Å². The van der Waals surface area contributed by atoms with Crippen molar-refractivity contribution in [1.29, 1.82) is 0 Å². The highest BCUT2D eigenvalue weighted by molar-refractivity contribution is 4.07. The number of rotatable bonds is 0. The van der Waals surface area contributed by atoms with Gasteiger partial charge in [-0.15, -0.1) is 0 Å². The molecule has 0 aliphatic heterocycles. The van der Waals surface area contributed by atoms with E-state index in [1.165, 1.54) is 0 Å². The van der Waals surface area contributed by atoms with Gasteiger partial charge in [-0.2, -0.15) is 0 Å². The second-order valence-electron chi connectivity index (χ2n) is 0. The number of hydrogen-bond donors (Lipinski definition) is 0. The van der Waals surface area contributed by atoms with Gasteiger partial charge in [-0.05, 0) is 0 Å². The summed E-state index contributed by atoms with van der Waals surface area (Å²) in [5.74, 6) is 0. The lowest BCUT2D eigenvalue weighted by molar-refractivity contribution is 2.50. The Balaban J connectivity index is -0.00000000167. The van der Waals surface area contributed by atoms with Gasteiger partial charge in [0.2, 0.25) is 0 Å². The molecule has 0 saturated carbocycles. The Morgan fingerprint density at radius 3 is 1.00 bits per heavy atom. The van der Waals surface area contributed by atoms with Gasteiger partial charge in [0.05, 0.1) is 0 Å². The number of hydrogen-bond acceptors (Lipinski definition) is 2. The molecule has 0 aromatic rings. The summed E-state index contributed by atoms with van der Waals surface area (Å²) < 4.78 is 0. The molecule has 0 rings (SSSR count). The van der Waals surface area contributed by atoms with E-state index in [1.807, 2.05) is 0 Å². The van der Waals surface area contributed by atoms with Crippen molar-refractivity contribution >= 4 is 0 Å². The van der Waals surface area contributed by atoms with Crippen LogP contribution >= 0.6 is 0 Å². The molecule has 0 aromatic heterocycles. The Bertz CT molecular complexity index is 7.61. The van der Waals surface area contributed by atoms with Crippen LogP contribution in [0.3, 0.4) is 0 Å². The zero-order chi connectivity index (χ0) is 2.00. The van der Waals surface area contributed by atoms with E-state index < -0.39 is 0 Å². The Morgan fingerprint density at radius 2 is 1.00 bits per heavy atom. The molecule has 0 aromatic carbocycles. The molecule has 2 nitrogen and oxygen atoms in total. The Labute approximate surface area is 27.5 Å². The maximum Gasteiger partial charge on any atom is 0 e. The van der Waals surface area contributed by atoms with Gasteiger partial charge in [0, 0.05) is 9.93 Å². The fourth-order valence-electron chi connectivity index (χ4n) is 0. The Morgan fingerprint density at radius 1 is 1.00 bits per heavy atom. The van der Waals surface area contributed by atoms with Crippen molar-refractivity contribution in [2.24, 2.45) is 0 Å². The van der Waals surface area contributed by atoms with Crippen LogP contribution in [0.25, 0.3) is 0 Å². The third-order valence-corrected chi connectivity index (χ3v) is 0. The average Bonchev–Trinajstić information content (AvgIpc) is 1.00. The summed E-state index contributed by atoms with van der Waals surface area (Å²) in [6.45, 7) is 0. The van der Waals surface area contributed by atoms with Crippen LogP contribution in [-0.4, -0.2) is 0 Å². The van der Waals surface area contributed by atoms with Crippen LogP contribution in [0.1, 0.15) is 16.3 Å². The molecular formula is C2H9O2-. The van der Waals surface area contributed by atoms with Gasteiger partial charge in [0.25, 0.3) is 0 Å². The first kappa shape index (κ1) is 67.6. The average molecular weight is 65.1 g/mol. The molecule has 0 heterocycles. The van der Waals surface area contributed by atoms with Gasteiger partial charge in [-0.25, -0.2) is 0 Å². The summed E-state index contributed by atoms with van der Waals surface area (Å²) in [6, 6.07) is 0. The molecule has 0 saturated heterocycles. The first-order valence-corrected chi connectivity index (χ1v) is 0.167. The van der Waals surface area contributed by atoms with Gasteiger partial charge in [-0.1, -0.05) is 14.9 Å². The molecular weight excluding hydrogens is 56.0 g/mol. The lowest BCUT2D eigenvalue weighted by atomic mass is 12.0. The highest BCUT2D eigenvalue weighted by Crippen LogP contribution is 0.741. The van der Waals surface area contributed by atoms with E-state index in [-0.39, 0.29) is 16.3 Å². The molecule has 0 atom stereocenters. The van der Waals surface area contributed by atoms with Gasteiger partial charge in [-0.3, -0.25) is 0 Å². The van der Waals surface area contributed by atoms with E-state index in [4.69, 9.17) is 9.93 Å². The van der Waals surface area contributed by atoms with Crippen molar-refractivity contribution < 1.29 is 1.43 Å². The maximum absolute atomic E-state index is 7.00. The van der Waals surface area contributed by atoms with Crippen molar-refractivity contribution in [3.8, 4) is 0 Å². The van der Waals surface area contributed by atoms with Crippen molar-refractivity contribution in [2.45, 2.75) is 14.9 Å². The van der Waals surface area contributed by atoms with Crippen molar-refractivity contribution in [3.63, 3.8) is 0 Å². The van der Waals surface area contributed by atoms with Crippen molar-refractivity contribution in [1.82, 2.24) is 0 Å². The molecule has 0 fully saturated rings. The van der Waals surface area contributed by atoms with Gasteiger partial charge < -0.3 is 1.43 Å². The lowest BCUT2D eigenvalue weighted by Crippen LogP contribution is -0.674. The predicted molar refractivity (Wildman–Crippen MR) is 21.3 cm³/mol. The molecule has 0 bridgehead atoms. The van der Waals surface area contributed by atoms with Gasteiger partial charge in [0.15, 0.2) is 0 Å². The minimum Gasteiger partial charge on any atom is -1.00 e. The molecule has 0 aliphatic rings. The van der Waals surface area contributed by atoms with Crippen LogP contribution in [0.15, 0.2) is 0 Å². The molecule has 0 N–H and O–H groups in total. The lowest BCUT2D eigenvalue weighted by Gasteiger charge is -0.707. The molecule has 4 heavy (non-hydrogen) atoms. The zero-order valence-corrected chi connectivity index (χ0v) is 0.816. The van der Waals surface area contributed by atoms with Crippen molar-refractivity contribution in [2.75, 3.05) is 0 Å². The second-order valence-corrected chi connectivity index (χ2v) is 0. The van der Waals surface area contributed by atoms with E-state index in [0.29, 0.717) is 0 Å². The van der Waals surface area contributed by atoms with E-state index in [0.717, 1.165) is 0 Å². The third kappa shape index (κ3) is 3.60. The minimum atomic E-state index is 0. The summed E-state index contributed by atoms with van der Waals surface area (Å²) in [6.07, 6.45) is 0. The first-order valence-electron chi connectivity index (χ1n) is 0.167. The summed E-state index contributed by atoms with van der Waals surface area (Å²) in [4.78, 5) is 14.0. The smallest absolute Gasteiger partial charge is 0 e. The largest absolute Gasteiger partial charge is 1.00 e. The van der Waals surface area contributed by atoms with Crippen LogP contribution < -0.4 is 0 Å². The summed E-state index contributed by atoms with van der Waals surface area (Å²) in [7, 11) is 0. The predicted octanol–water partition coefficient (Wildman–Crippen LogP) is 1.45. The van der Waals surface area contributed by atoms with Crippen LogP contribution in [0, 0.1) is 9.93 Å². The van der Waals surface area contributed by atoms with E-state index >= 15 is 0 Å². The topological polar surface area (TPSA) is 34.1 Å². The fraction of sp³-hybridized carbons (Fsp3) is 1.00. The fourth-order valence-corrected chi connectivity index (χ4v) is 0. The zero-order valence-electron chi connectivity index (χ0n) is 1.82. The van der Waals surface area contributed by atoms with Crippen LogP contribution in [0.2, 0.25) is 0 Å². The van der Waals surface area contributed by atoms with E-state index in [2.05, 4.69) is 0 Å².